The minimum Gasteiger partial charge on any atom is -0.476 e. The van der Waals surface area contributed by atoms with Gasteiger partial charge >= 0.3 is 17.7 Å². The van der Waals surface area contributed by atoms with Crippen molar-refractivity contribution in [1.82, 2.24) is 38.6 Å². The molecule has 8 aromatic rings. The summed E-state index contributed by atoms with van der Waals surface area (Å²) in [7, 11) is 0. The van der Waals surface area contributed by atoms with E-state index in [9.17, 15) is 27.5 Å². The predicted molar refractivity (Wildman–Crippen MR) is 154 cm³/mol. The molecule has 0 aliphatic carbocycles. The zero-order chi connectivity index (χ0) is 32.3. The van der Waals surface area contributed by atoms with Gasteiger partial charge in [0, 0.05) is 41.6 Å². The summed E-state index contributed by atoms with van der Waals surface area (Å²) in [6.45, 7) is 4.00. The average molecular weight is 651 g/mol. The Balaban J connectivity index is 0.000000157. The van der Waals surface area contributed by atoms with Crippen molar-refractivity contribution < 1.29 is 36.3 Å². The summed E-state index contributed by atoms with van der Waals surface area (Å²) in [6, 6.07) is 6.22. The van der Waals surface area contributed by atoms with E-state index in [4.69, 9.17) is 8.83 Å². The highest BCUT2D eigenvalue weighted by Crippen LogP contribution is 2.37. The molecule has 0 amide bonds. The van der Waals surface area contributed by atoms with E-state index in [0.29, 0.717) is 33.3 Å². The third-order valence-electron chi connectivity index (χ3n) is 6.83. The lowest BCUT2D eigenvalue weighted by molar-refractivity contribution is 0.0690. The maximum atomic E-state index is 14.4. The number of imidazole rings is 2. The van der Waals surface area contributed by atoms with Gasteiger partial charge in [0.25, 0.3) is 0 Å². The van der Waals surface area contributed by atoms with Crippen LogP contribution in [0, 0.1) is 23.3 Å². The number of carbonyl (C=O) groups is 1. The van der Waals surface area contributed by atoms with E-state index in [1.807, 2.05) is 13.8 Å². The van der Waals surface area contributed by atoms with Crippen LogP contribution >= 0.6 is 11.3 Å². The van der Waals surface area contributed by atoms with Gasteiger partial charge in [-0.05, 0) is 24.3 Å². The summed E-state index contributed by atoms with van der Waals surface area (Å²) in [5.74, 6) is -3.09. The molecule has 0 bridgehead atoms. The van der Waals surface area contributed by atoms with E-state index in [-0.39, 0.29) is 34.3 Å². The van der Waals surface area contributed by atoms with Gasteiger partial charge in [0.1, 0.15) is 52.9 Å². The SMILES string of the molecule is CC(C)c1nnc2sc(-c3c(-c4ccc(F)cc4F)nc4occn34)nn12.O=C(O)c1c(-c2ccc(F)cc2F)nc2occn12. The van der Waals surface area contributed by atoms with Crippen LogP contribution in [-0.2, 0) is 0 Å². The lowest BCUT2D eigenvalue weighted by atomic mass is 10.1. The molecule has 8 rings (SSSR count). The summed E-state index contributed by atoms with van der Waals surface area (Å²) in [5, 5.41) is 22.7. The third kappa shape index (κ3) is 4.76. The number of hydrogen-bond donors (Lipinski definition) is 1. The largest absolute Gasteiger partial charge is 0.476 e. The third-order valence-corrected chi connectivity index (χ3v) is 7.74. The number of carboxylic acids is 1. The van der Waals surface area contributed by atoms with Crippen LogP contribution in [0.1, 0.15) is 36.1 Å². The van der Waals surface area contributed by atoms with E-state index < -0.39 is 29.2 Å². The Bertz CT molecular complexity index is 2420. The van der Waals surface area contributed by atoms with Gasteiger partial charge in [-0.15, -0.1) is 10.2 Å². The van der Waals surface area contributed by atoms with E-state index in [2.05, 4.69) is 25.3 Å². The molecule has 0 aliphatic heterocycles. The summed E-state index contributed by atoms with van der Waals surface area (Å²) in [5.41, 5.74) is 0.592. The number of rotatable bonds is 5. The van der Waals surface area contributed by atoms with Crippen LogP contribution in [0.4, 0.5) is 17.6 Å². The lowest BCUT2D eigenvalue weighted by Crippen LogP contribution is -2.03. The Labute approximate surface area is 257 Å². The minimum absolute atomic E-state index is 0.0242. The van der Waals surface area contributed by atoms with Gasteiger partial charge in [-0.2, -0.15) is 19.6 Å². The molecule has 1 N–H and O–H groups in total. The first-order chi connectivity index (χ1) is 22.1. The van der Waals surface area contributed by atoms with Gasteiger partial charge in [0.05, 0.1) is 0 Å². The smallest absolute Gasteiger partial charge is 0.355 e. The van der Waals surface area contributed by atoms with Crippen LogP contribution in [0.5, 0.6) is 0 Å². The van der Waals surface area contributed by atoms with Gasteiger partial charge in [0.2, 0.25) is 4.96 Å². The van der Waals surface area contributed by atoms with Gasteiger partial charge < -0.3 is 13.9 Å². The van der Waals surface area contributed by atoms with Gasteiger partial charge in [-0.3, -0.25) is 8.80 Å². The van der Waals surface area contributed by atoms with Gasteiger partial charge in [-0.25, -0.2) is 22.4 Å². The Morgan fingerprint density at radius 2 is 1.43 bits per heavy atom. The predicted octanol–water partition coefficient (Wildman–Crippen LogP) is 6.73. The number of aromatic nitrogens is 8. The molecule has 46 heavy (non-hydrogen) atoms. The fraction of sp³-hybridized carbons (Fsp3) is 0.103. The van der Waals surface area contributed by atoms with Crippen molar-refractivity contribution in [2.75, 3.05) is 0 Å². The second kappa shape index (κ2) is 11.0. The van der Waals surface area contributed by atoms with Crippen LogP contribution in [0.25, 0.3) is 49.9 Å². The molecule has 0 atom stereocenters. The zero-order valence-electron chi connectivity index (χ0n) is 23.5. The van der Waals surface area contributed by atoms with Gasteiger partial charge in [-0.1, -0.05) is 25.2 Å². The first kappa shape index (κ1) is 28.9. The van der Waals surface area contributed by atoms with Crippen molar-refractivity contribution in [2.24, 2.45) is 0 Å². The highest BCUT2D eigenvalue weighted by molar-refractivity contribution is 7.19. The van der Waals surface area contributed by atoms with Crippen LogP contribution in [-0.4, -0.2) is 49.7 Å². The topological polar surface area (TPSA) is 141 Å². The van der Waals surface area contributed by atoms with Crippen molar-refractivity contribution in [3.05, 3.63) is 96.1 Å². The molecule has 0 saturated heterocycles. The molecule has 0 spiro atoms. The number of hydrogen-bond acceptors (Lipinski definition) is 9. The molecule has 0 aliphatic rings. The number of aromatic carboxylic acids is 1. The van der Waals surface area contributed by atoms with E-state index in [0.717, 1.165) is 24.0 Å². The number of oxazole rings is 2. The lowest BCUT2D eigenvalue weighted by Gasteiger charge is -2.03. The number of benzene rings is 2. The van der Waals surface area contributed by atoms with Crippen LogP contribution in [0.15, 0.2) is 70.2 Å². The van der Waals surface area contributed by atoms with Crippen LogP contribution < -0.4 is 0 Å². The minimum atomic E-state index is -1.28. The molecule has 232 valence electrons. The molecule has 6 aromatic heterocycles. The van der Waals surface area contributed by atoms with Crippen LogP contribution in [0.3, 0.4) is 0 Å². The Hall–Kier alpha value is -5.84. The van der Waals surface area contributed by atoms with E-state index >= 15 is 0 Å². The molecule has 0 unspecified atom stereocenters. The van der Waals surface area contributed by atoms with Crippen molar-refractivity contribution in [2.45, 2.75) is 19.8 Å². The summed E-state index contributed by atoms with van der Waals surface area (Å²) in [4.78, 5) is 20.2. The molecular formula is C29H18F4N8O4S. The number of nitrogens with zero attached hydrogens (tertiary/aromatic N) is 8. The Morgan fingerprint density at radius 1 is 0.848 bits per heavy atom. The number of carboxylic acid groups (broad SMARTS) is 1. The molecule has 0 radical (unpaired) electrons. The Morgan fingerprint density at radius 3 is 2.04 bits per heavy atom. The molecule has 12 nitrogen and oxygen atoms in total. The molecule has 0 fully saturated rings. The zero-order valence-corrected chi connectivity index (χ0v) is 24.3. The number of fused-ring (bicyclic) bond motifs is 3. The highest BCUT2D eigenvalue weighted by Gasteiger charge is 2.26. The van der Waals surface area contributed by atoms with Gasteiger partial charge in [0.15, 0.2) is 16.5 Å². The molecular weight excluding hydrogens is 632 g/mol. The average Bonchev–Trinajstić information content (AvgIpc) is 3.81. The summed E-state index contributed by atoms with van der Waals surface area (Å²) in [6.07, 6.45) is 5.78. The molecule has 6 heterocycles. The molecule has 0 saturated carbocycles. The maximum Gasteiger partial charge on any atom is 0.355 e. The molecule has 17 heteroatoms. The Kier molecular flexibility index (Phi) is 6.88. The summed E-state index contributed by atoms with van der Waals surface area (Å²) < 4.78 is 69.2. The first-order valence-electron chi connectivity index (χ1n) is 13.4. The monoisotopic (exact) mass is 650 g/mol. The van der Waals surface area contributed by atoms with E-state index in [1.165, 1.54) is 46.6 Å². The summed E-state index contributed by atoms with van der Waals surface area (Å²) >= 11 is 1.31. The van der Waals surface area contributed by atoms with Crippen molar-refractivity contribution in [3.63, 3.8) is 0 Å². The van der Waals surface area contributed by atoms with Crippen LogP contribution in [0.2, 0.25) is 0 Å². The highest BCUT2D eigenvalue weighted by atomic mass is 32.1. The fourth-order valence-electron chi connectivity index (χ4n) is 4.81. The normalized spacial score (nSPS) is 11.6. The standard InChI is InChI=1S/C17H12F2N6OS.C12H6F2N2O3/c1-8(2)14-21-22-17-25(14)23-15(27-17)13-12(20-16-24(13)5-6-26-16)10-4-3-9(18)7-11(10)19;13-6-1-2-7(8(14)5-6)9-10(11(17)18)16-3-4-19-12(16)15-9/h3-8H,1-2H3;1-5H,(H,17,18). The second-order valence-corrected chi connectivity index (χ2v) is 11.1. The fourth-order valence-corrected chi connectivity index (χ4v) is 5.70. The first-order valence-corrected chi connectivity index (χ1v) is 14.2. The van der Waals surface area contributed by atoms with Crippen molar-refractivity contribution >= 4 is 34.0 Å². The van der Waals surface area contributed by atoms with Crippen molar-refractivity contribution in [1.29, 1.82) is 0 Å². The number of halogens is 4. The van der Waals surface area contributed by atoms with E-state index in [1.54, 1.807) is 15.1 Å². The second-order valence-electron chi connectivity index (χ2n) is 10.1. The molecule has 2 aromatic carbocycles. The maximum absolute atomic E-state index is 14.4. The van der Waals surface area contributed by atoms with Crippen molar-refractivity contribution in [3.8, 4) is 33.2 Å². The quantitative estimate of drug-likeness (QED) is 0.201.